The van der Waals surface area contributed by atoms with Crippen molar-refractivity contribution in [2.75, 3.05) is 0 Å². The molecule has 2 saturated heterocycles. The average molecular weight is 447 g/mol. The Morgan fingerprint density at radius 3 is 2.45 bits per heavy atom. The highest BCUT2D eigenvalue weighted by Gasteiger charge is 2.45. The molecule has 4 rings (SSSR count). The SMILES string of the molecule is Cc1c(Oc2cccnc2Cl)ncnc1OC1CC2CCC(C1)N2C(=O)OC(C)(C)C. The molecule has 0 spiro atoms. The van der Waals surface area contributed by atoms with Gasteiger partial charge in [-0.2, -0.15) is 0 Å². The maximum atomic E-state index is 12.6. The number of carbonyl (C=O) groups is 1. The molecule has 4 heterocycles. The molecule has 2 atom stereocenters. The monoisotopic (exact) mass is 446 g/mol. The first-order valence-electron chi connectivity index (χ1n) is 10.5. The minimum atomic E-state index is -0.504. The lowest BCUT2D eigenvalue weighted by atomic mass is 10.00. The third-order valence-corrected chi connectivity index (χ3v) is 5.78. The van der Waals surface area contributed by atoms with Crippen molar-refractivity contribution in [1.82, 2.24) is 19.9 Å². The second-order valence-corrected chi connectivity index (χ2v) is 9.35. The summed E-state index contributed by atoms with van der Waals surface area (Å²) in [6.45, 7) is 7.51. The molecule has 9 heteroatoms. The summed E-state index contributed by atoms with van der Waals surface area (Å²) in [7, 11) is 0. The van der Waals surface area contributed by atoms with Crippen molar-refractivity contribution < 1.29 is 19.0 Å². The largest absolute Gasteiger partial charge is 0.474 e. The zero-order chi connectivity index (χ0) is 22.2. The Hall–Kier alpha value is -2.61. The number of aromatic nitrogens is 3. The van der Waals surface area contributed by atoms with Gasteiger partial charge in [-0.3, -0.25) is 0 Å². The Bertz CT molecular complexity index is 951. The van der Waals surface area contributed by atoms with E-state index in [4.69, 9.17) is 25.8 Å². The zero-order valence-corrected chi connectivity index (χ0v) is 18.9. The lowest BCUT2D eigenvalue weighted by Crippen LogP contribution is -2.50. The third-order valence-electron chi connectivity index (χ3n) is 5.50. The van der Waals surface area contributed by atoms with E-state index in [9.17, 15) is 4.79 Å². The van der Waals surface area contributed by atoms with E-state index in [1.807, 2.05) is 32.6 Å². The van der Waals surface area contributed by atoms with E-state index >= 15 is 0 Å². The quantitative estimate of drug-likeness (QED) is 0.615. The molecule has 2 unspecified atom stereocenters. The molecule has 2 aliphatic heterocycles. The molecule has 2 bridgehead atoms. The van der Waals surface area contributed by atoms with Crippen molar-refractivity contribution in [3.8, 4) is 17.5 Å². The highest BCUT2D eigenvalue weighted by atomic mass is 35.5. The van der Waals surface area contributed by atoms with E-state index in [0.29, 0.717) is 23.1 Å². The van der Waals surface area contributed by atoms with E-state index in [1.165, 1.54) is 6.33 Å². The summed E-state index contributed by atoms with van der Waals surface area (Å²) in [6.07, 6.45) is 6.12. The first kappa shape index (κ1) is 21.6. The summed E-state index contributed by atoms with van der Waals surface area (Å²) in [4.78, 5) is 27.1. The fourth-order valence-electron chi connectivity index (χ4n) is 4.19. The highest BCUT2D eigenvalue weighted by Crippen LogP contribution is 2.39. The van der Waals surface area contributed by atoms with Crippen molar-refractivity contribution >= 4 is 17.7 Å². The van der Waals surface area contributed by atoms with Gasteiger partial charge in [0, 0.05) is 31.1 Å². The molecular weight excluding hydrogens is 420 g/mol. The van der Waals surface area contributed by atoms with Gasteiger partial charge in [-0.25, -0.2) is 19.7 Å². The third kappa shape index (κ3) is 4.84. The summed E-state index contributed by atoms with van der Waals surface area (Å²) < 4.78 is 17.7. The van der Waals surface area contributed by atoms with Crippen LogP contribution in [0.5, 0.6) is 17.5 Å². The van der Waals surface area contributed by atoms with Crippen LogP contribution in [-0.2, 0) is 4.74 Å². The topological polar surface area (TPSA) is 86.7 Å². The van der Waals surface area contributed by atoms with Crippen LogP contribution >= 0.6 is 11.6 Å². The van der Waals surface area contributed by atoms with Crippen LogP contribution in [0.4, 0.5) is 4.79 Å². The first-order chi connectivity index (χ1) is 14.7. The van der Waals surface area contributed by atoms with Gasteiger partial charge in [-0.05, 0) is 52.7 Å². The van der Waals surface area contributed by atoms with Gasteiger partial charge in [0.25, 0.3) is 0 Å². The van der Waals surface area contributed by atoms with Crippen LogP contribution in [0.15, 0.2) is 24.7 Å². The van der Waals surface area contributed by atoms with Crippen molar-refractivity contribution in [3.63, 3.8) is 0 Å². The molecule has 1 amide bonds. The Balaban J connectivity index is 1.44. The van der Waals surface area contributed by atoms with Crippen LogP contribution in [0, 0.1) is 6.92 Å². The van der Waals surface area contributed by atoms with Crippen molar-refractivity contribution in [1.29, 1.82) is 0 Å². The molecule has 0 N–H and O–H groups in total. The van der Waals surface area contributed by atoms with E-state index < -0.39 is 5.60 Å². The summed E-state index contributed by atoms with van der Waals surface area (Å²) in [5.41, 5.74) is 0.180. The molecule has 166 valence electrons. The second-order valence-electron chi connectivity index (χ2n) is 8.99. The predicted octanol–water partition coefficient (Wildman–Crippen LogP) is 4.94. The number of hydrogen-bond donors (Lipinski definition) is 0. The Morgan fingerprint density at radius 1 is 1.13 bits per heavy atom. The summed E-state index contributed by atoms with van der Waals surface area (Å²) in [5, 5.41) is 0.258. The maximum absolute atomic E-state index is 12.6. The predicted molar refractivity (Wildman–Crippen MR) is 115 cm³/mol. The van der Waals surface area contributed by atoms with Gasteiger partial charge in [0.2, 0.25) is 11.8 Å². The summed E-state index contributed by atoms with van der Waals surface area (Å²) in [6, 6.07) is 3.70. The number of carbonyl (C=O) groups excluding carboxylic acids is 1. The van der Waals surface area contributed by atoms with Crippen LogP contribution in [0.2, 0.25) is 5.15 Å². The van der Waals surface area contributed by atoms with E-state index in [-0.39, 0.29) is 29.4 Å². The maximum Gasteiger partial charge on any atom is 0.410 e. The highest BCUT2D eigenvalue weighted by molar-refractivity contribution is 6.30. The van der Waals surface area contributed by atoms with Gasteiger partial charge in [-0.15, -0.1) is 0 Å². The van der Waals surface area contributed by atoms with Crippen LogP contribution in [0.25, 0.3) is 0 Å². The van der Waals surface area contributed by atoms with Crippen LogP contribution in [-0.4, -0.2) is 49.7 Å². The van der Waals surface area contributed by atoms with Gasteiger partial charge < -0.3 is 19.1 Å². The van der Waals surface area contributed by atoms with Gasteiger partial charge in [0.1, 0.15) is 18.0 Å². The Kier molecular flexibility index (Phi) is 5.92. The molecule has 8 nitrogen and oxygen atoms in total. The van der Waals surface area contributed by atoms with Gasteiger partial charge in [-0.1, -0.05) is 11.6 Å². The lowest BCUT2D eigenvalue weighted by molar-refractivity contribution is -0.00772. The number of piperidine rings is 1. The molecule has 0 aliphatic carbocycles. The number of halogens is 1. The van der Waals surface area contributed by atoms with Gasteiger partial charge in [0.05, 0.1) is 5.56 Å². The van der Waals surface area contributed by atoms with Gasteiger partial charge >= 0.3 is 6.09 Å². The number of amides is 1. The molecule has 2 aromatic rings. The summed E-state index contributed by atoms with van der Waals surface area (Å²) >= 11 is 6.09. The van der Waals surface area contributed by atoms with Crippen molar-refractivity contribution in [2.24, 2.45) is 0 Å². The fraction of sp³-hybridized carbons (Fsp3) is 0.545. The first-order valence-corrected chi connectivity index (χ1v) is 10.9. The lowest BCUT2D eigenvalue weighted by Gasteiger charge is -2.39. The Morgan fingerprint density at radius 2 is 1.81 bits per heavy atom. The molecular formula is C22H27ClN4O4. The summed E-state index contributed by atoms with van der Waals surface area (Å²) in [5.74, 6) is 1.26. The normalized spacial score (nSPS) is 22.9. The van der Waals surface area contributed by atoms with Crippen molar-refractivity contribution in [2.45, 2.75) is 77.2 Å². The van der Waals surface area contributed by atoms with E-state index in [2.05, 4.69) is 15.0 Å². The standard InChI is InChI=1S/C22H27ClN4O4/c1-13-19(25-12-26-20(13)30-17-6-5-9-24-18(17)23)29-16-10-14-7-8-15(11-16)27(14)21(28)31-22(2,3)4/h5-6,9,12,14-16H,7-8,10-11H2,1-4H3. The van der Waals surface area contributed by atoms with Gasteiger partial charge in [0.15, 0.2) is 10.9 Å². The molecule has 0 aromatic carbocycles. The molecule has 31 heavy (non-hydrogen) atoms. The van der Waals surface area contributed by atoms with Crippen LogP contribution in [0.1, 0.15) is 52.0 Å². The number of fused-ring (bicyclic) bond motifs is 2. The number of hydrogen-bond acceptors (Lipinski definition) is 7. The van der Waals surface area contributed by atoms with E-state index in [1.54, 1.807) is 18.3 Å². The molecule has 2 aliphatic rings. The minimum absolute atomic E-state index is 0.0420. The molecule has 2 aromatic heterocycles. The van der Waals surface area contributed by atoms with E-state index in [0.717, 1.165) is 25.7 Å². The fourth-order valence-corrected chi connectivity index (χ4v) is 4.34. The van der Waals surface area contributed by atoms with Crippen LogP contribution < -0.4 is 9.47 Å². The zero-order valence-electron chi connectivity index (χ0n) is 18.2. The number of nitrogens with zero attached hydrogens (tertiary/aromatic N) is 4. The molecule has 0 saturated carbocycles. The smallest absolute Gasteiger partial charge is 0.410 e. The molecule has 0 radical (unpaired) electrons. The Labute approximate surface area is 186 Å². The second kappa shape index (κ2) is 8.49. The average Bonchev–Trinajstić information content (AvgIpc) is 2.96. The minimum Gasteiger partial charge on any atom is -0.474 e. The number of ether oxygens (including phenoxy) is 3. The van der Waals surface area contributed by atoms with Crippen molar-refractivity contribution in [3.05, 3.63) is 35.4 Å². The number of rotatable bonds is 4. The number of pyridine rings is 1. The van der Waals surface area contributed by atoms with Crippen LogP contribution in [0.3, 0.4) is 0 Å². The molecule has 2 fully saturated rings.